The van der Waals surface area contributed by atoms with Crippen molar-refractivity contribution < 1.29 is 0 Å². The molecular weight excluding hydrogens is 204 g/mol. The van der Waals surface area contributed by atoms with Gasteiger partial charge in [-0.1, -0.05) is 0 Å². The molecule has 0 spiro atoms. The van der Waals surface area contributed by atoms with E-state index in [1.807, 2.05) is 6.07 Å². The molecule has 0 fully saturated rings. The molecule has 1 heterocycles. The van der Waals surface area contributed by atoms with E-state index < -0.39 is 0 Å². The van der Waals surface area contributed by atoms with Gasteiger partial charge in [0.05, 0.1) is 0 Å². The van der Waals surface area contributed by atoms with Gasteiger partial charge in [0.2, 0.25) is 0 Å². The SMILES string of the molecule is N#Cc1c(Nc2ccc(N)cc2)n[nH]c1N. The van der Waals surface area contributed by atoms with Crippen molar-refractivity contribution in [1.82, 2.24) is 10.2 Å². The van der Waals surface area contributed by atoms with E-state index in [0.29, 0.717) is 17.1 Å². The molecule has 1 aromatic carbocycles. The largest absolute Gasteiger partial charge is 0.399 e. The van der Waals surface area contributed by atoms with Gasteiger partial charge in [-0.25, -0.2) is 0 Å². The molecule has 1 aromatic heterocycles. The van der Waals surface area contributed by atoms with E-state index in [9.17, 15) is 0 Å². The third-order valence-corrected chi connectivity index (χ3v) is 2.08. The fraction of sp³-hybridized carbons (Fsp3) is 0. The van der Waals surface area contributed by atoms with Crippen molar-refractivity contribution in [2.45, 2.75) is 0 Å². The topological polar surface area (TPSA) is 117 Å². The monoisotopic (exact) mass is 214 g/mol. The van der Waals surface area contributed by atoms with Crippen LogP contribution in [0.4, 0.5) is 23.0 Å². The first-order chi connectivity index (χ1) is 7.70. The Morgan fingerprint density at radius 2 is 1.94 bits per heavy atom. The highest BCUT2D eigenvalue weighted by Crippen LogP contribution is 2.22. The second kappa shape index (κ2) is 3.82. The van der Waals surface area contributed by atoms with Crippen LogP contribution in [0.5, 0.6) is 0 Å². The Hall–Kier alpha value is -2.68. The molecule has 0 bridgehead atoms. The number of anilines is 4. The second-order valence-electron chi connectivity index (χ2n) is 3.22. The lowest BCUT2D eigenvalue weighted by Gasteiger charge is -2.03. The van der Waals surface area contributed by atoms with Crippen LogP contribution in [0, 0.1) is 11.3 Å². The number of nitriles is 1. The molecule has 0 aliphatic carbocycles. The Balaban J connectivity index is 2.27. The molecule has 0 saturated carbocycles. The number of nitrogen functional groups attached to an aromatic ring is 2. The summed E-state index contributed by atoms with van der Waals surface area (Å²) in [5.41, 5.74) is 12.9. The normalized spacial score (nSPS) is 9.69. The number of nitrogens with one attached hydrogen (secondary N) is 2. The molecule has 6 N–H and O–H groups in total. The van der Waals surface area contributed by atoms with Crippen LogP contribution in [0.2, 0.25) is 0 Å². The third kappa shape index (κ3) is 1.74. The molecule has 80 valence electrons. The summed E-state index contributed by atoms with van der Waals surface area (Å²) in [5.74, 6) is 0.658. The van der Waals surface area contributed by atoms with Gasteiger partial charge in [0.15, 0.2) is 5.82 Å². The van der Waals surface area contributed by atoms with Gasteiger partial charge in [0.1, 0.15) is 17.5 Å². The first-order valence-electron chi connectivity index (χ1n) is 4.57. The summed E-state index contributed by atoms with van der Waals surface area (Å²) in [4.78, 5) is 0. The van der Waals surface area contributed by atoms with Crippen LogP contribution in [0.25, 0.3) is 0 Å². The lowest BCUT2D eigenvalue weighted by atomic mass is 10.2. The number of nitrogens with two attached hydrogens (primary N) is 2. The van der Waals surface area contributed by atoms with Gasteiger partial charge in [0.25, 0.3) is 0 Å². The molecule has 0 aliphatic rings. The molecule has 6 nitrogen and oxygen atoms in total. The van der Waals surface area contributed by atoms with Crippen LogP contribution in [-0.2, 0) is 0 Å². The third-order valence-electron chi connectivity index (χ3n) is 2.08. The van der Waals surface area contributed by atoms with Crippen LogP contribution < -0.4 is 16.8 Å². The molecule has 6 heteroatoms. The van der Waals surface area contributed by atoms with Crippen molar-refractivity contribution in [3.8, 4) is 6.07 Å². The summed E-state index contributed by atoms with van der Waals surface area (Å²) in [6.45, 7) is 0. The molecule has 0 unspecified atom stereocenters. The smallest absolute Gasteiger partial charge is 0.172 e. The number of H-pyrrole nitrogens is 1. The van der Waals surface area contributed by atoms with Gasteiger partial charge in [-0.2, -0.15) is 10.4 Å². The molecular formula is C10H10N6. The molecule has 0 radical (unpaired) electrons. The second-order valence-corrected chi connectivity index (χ2v) is 3.22. The predicted octanol–water partition coefficient (Wildman–Crippen LogP) is 1.19. The Labute approximate surface area is 91.9 Å². The van der Waals surface area contributed by atoms with Crippen LogP contribution in [0.1, 0.15) is 5.56 Å². The van der Waals surface area contributed by atoms with Gasteiger partial charge in [0, 0.05) is 11.4 Å². The highest BCUT2D eigenvalue weighted by atomic mass is 15.2. The Kier molecular flexibility index (Phi) is 2.36. The molecule has 0 atom stereocenters. The van der Waals surface area contributed by atoms with Crippen LogP contribution >= 0.6 is 0 Å². The zero-order chi connectivity index (χ0) is 11.5. The van der Waals surface area contributed by atoms with Crippen molar-refractivity contribution in [2.75, 3.05) is 16.8 Å². The summed E-state index contributed by atoms with van der Waals surface area (Å²) in [6, 6.07) is 9.06. The van der Waals surface area contributed by atoms with E-state index in [-0.39, 0.29) is 5.82 Å². The van der Waals surface area contributed by atoms with E-state index in [1.165, 1.54) is 0 Å². The maximum absolute atomic E-state index is 8.86. The zero-order valence-corrected chi connectivity index (χ0v) is 8.36. The number of nitrogens with zero attached hydrogens (tertiary/aromatic N) is 2. The number of hydrogen-bond donors (Lipinski definition) is 4. The fourth-order valence-electron chi connectivity index (χ4n) is 1.26. The molecule has 0 amide bonds. The number of aromatic nitrogens is 2. The van der Waals surface area contributed by atoms with Gasteiger partial charge in [-0.3, -0.25) is 5.10 Å². The highest BCUT2D eigenvalue weighted by Gasteiger charge is 2.09. The van der Waals surface area contributed by atoms with E-state index in [0.717, 1.165) is 5.69 Å². The maximum atomic E-state index is 8.86. The van der Waals surface area contributed by atoms with Crippen molar-refractivity contribution in [3.05, 3.63) is 29.8 Å². The van der Waals surface area contributed by atoms with Crippen molar-refractivity contribution >= 4 is 23.0 Å². The molecule has 2 rings (SSSR count). The number of hydrogen-bond acceptors (Lipinski definition) is 5. The summed E-state index contributed by atoms with van der Waals surface area (Å²) in [6.07, 6.45) is 0. The molecule has 0 saturated heterocycles. The number of aromatic amines is 1. The first kappa shape index (κ1) is 9.86. The van der Waals surface area contributed by atoms with E-state index in [4.69, 9.17) is 16.7 Å². The Morgan fingerprint density at radius 1 is 1.25 bits per heavy atom. The summed E-state index contributed by atoms with van der Waals surface area (Å²) < 4.78 is 0. The maximum Gasteiger partial charge on any atom is 0.172 e. The number of benzene rings is 1. The standard InChI is InChI=1S/C10H10N6/c11-5-8-9(13)15-16-10(8)14-7-3-1-6(12)2-4-7/h1-4H,12H2,(H4,13,14,15,16). The predicted molar refractivity (Wildman–Crippen MR) is 61.9 cm³/mol. The summed E-state index contributed by atoms with van der Waals surface area (Å²) in [5, 5.41) is 18.3. The number of rotatable bonds is 2. The van der Waals surface area contributed by atoms with E-state index in [2.05, 4.69) is 15.5 Å². The Morgan fingerprint density at radius 3 is 2.56 bits per heavy atom. The fourth-order valence-corrected chi connectivity index (χ4v) is 1.26. The highest BCUT2D eigenvalue weighted by molar-refractivity contribution is 5.69. The average Bonchev–Trinajstić information content (AvgIpc) is 2.63. The van der Waals surface area contributed by atoms with Gasteiger partial charge >= 0.3 is 0 Å². The molecule has 2 aromatic rings. The minimum Gasteiger partial charge on any atom is -0.399 e. The van der Waals surface area contributed by atoms with Gasteiger partial charge in [-0.05, 0) is 24.3 Å². The van der Waals surface area contributed by atoms with Crippen LogP contribution in [-0.4, -0.2) is 10.2 Å². The minimum absolute atomic E-state index is 0.250. The van der Waals surface area contributed by atoms with E-state index >= 15 is 0 Å². The van der Waals surface area contributed by atoms with Crippen molar-refractivity contribution in [3.63, 3.8) is 0 Å². The summed E-state index contributed by atoms with van der Waals surface area (Å²) >= 11 is 0. The lowest BCUT2D eigenvalue weighted by molar-refractivity contribution is 1.10. The lowest BCUT2D eigenvalue weighted by Crippen LogP contribution is -1.94. The molecule has 16 heavy (non-hydrogen) atoms. The zero-order valence-electron chi connectivity index (χ0n) is 8.36. The van der Waals surface area contributed by atoms with Crippen molar-refractivity contribution in [1.29, 1.82) is 5.26 Å². The molecule has 0 aliphatic heterocycles. The van der Waals surface area contributed by atoms with Crippen LogP contribution in [0.3, 0.4) is 0 Å². The van der Waals surface area contributed by atoms with Gasteiger partial charge in [-0.15, -0.1) is 0 Å². The summed E-state index contributed by atoms with van der Waals surface area (Å²) in [7, 11) is 0. The van der Waals surface area contributed by atoms with E-state index in [1.54, 1.807) is 24.3 Å². The first-order valence-corrected chi connectivity index (χ1v) is 4.57. The van der Waals surface area contributed by atoms with Crippen molar-refractivity contribution in [2.24, 2.45) is 0 Å². The average molecular weight is 214 g/mol. The van der Waals surface area contributed by atoms with Gasteiger partial charge < -0.3 is 16.8 Å². The minimum atomic E-state index is 0.250. The Bertz CT molecular complexity index is 533. The van der Waals surface area contributed by atoms with Crippen LogP contribution in [0.15, 0.2) is 24.3 Å². The quantitative estimate of drug-likeness (QED) is 0.560.